The first-order valence-electron chi connectivity index (χ1n) is 5.95. The lowest BCUT2D eigenvalue weighted by atomic mass is 9.95. The molecule has 4 heteroatoms. The van der Waals surface area contributed by atoms with Crippen molar-refractivity contribution in [2.24, 2.45) is 11.1 Å². The second-order valence-electron chi connectivity index (χ2n) is 5.13. The summed E-state index contributed by atoms with van der Waals surface area (Å²) in [4.78, 5) is 0. The first kappa shape index (κ1) is 12.1. The molecule has 16 heavy (non-hydrogen) atoms. The minimum atomic E-state index is 0.255. The van der Waals surface area contributed by atoms with Gasteiger partial charge in [-0.2, -0.15) is 5.10 Å². The Morgan fingerprint density at radius 2 is 2.19 bits per heavy atom. The lowest BCUT2D eigenvalue weighted by molar-refractivity contribution is 0.420. The van der Waals surface area contributed by atoms with E-state index in [-0.39, 0.29) is 6.04 Å². The second kappa shape index (κ2) is 4.15. The maximum atomic E-state index is 6.29. The van der Waals surface area contributed by atoms with Crippen LogP contribution in [-0.2, 0) is 13.0 Å². The van der Waals surface area contributed by atoms with E-state index in [4.69, 9.17) is 5.73 Å². The van der Waals surface area contributed by atoms with Gasteiger partial charge in [0.25, 0.3) is 0 Å². The van der Waals surface area contributed by atoms with E-state index < -0.39 is 0 Å². The van der Waals surface area contributed by atoms with Crippen molar-refractivity contribution in [1.29, 1.82) is 0 Å². The number of hydrogen-bond donors (Lipinski definition) is 1. The SMILES string of the molecule is CCn1nc(C)c(Br)c1CC(N)C1(C)CC1. The molecule has 0 spiro atoms. The molecular formula is C12H20BrN3. The molecule has 1 atom stereocenters. The van der Waals surface area contributed by atoms with E-state index in [1.54, 1.807) is 0 Å². The van der Waals surface area contributed by atoms with E-state index in [0.717, 1.165) is 23.1 Å². The van der Waals surface area contributed by atoms with Crippen LogP contribution in [-0.4, -0.2) is 15.8 Å². The summed E-state index contributed by atoms with van der Waals surface area (Å²) in [7, 11) is 0. The summed E-state index contributed by atoms with van der Waals surface area (Å²) in [6.07, 6.45) is 3.46. The summed E-state index contributed by atoms with van der Waals surface area (Å²) in [6.45, 7) is 7.34. The number of nitrogens with two attached hydrogens (primary N) is 1. The third-order valence-electron chi connectivity index (χ3n) is 3.80. The van der Waals surface area contributed by atoms with Crippen LogP contribution in [0, 0.1) is 12.3 Å². The van der Waals surface area contributed by atoms with E-state index in [1.807, 2.05) is 6.92 Å². The summed E-state index contributed by atoms with van der Waals surface area (Å²) >= 11 is 3.62. The van der Waals surface area contributed by atoms with E-state index in [2.05, 4.69) is 39.6 Å². The summed E-state index contributed by atoms with van der Waals surface area (Å²) in [5, 5.41) is 4.50. The summed E-state index contributed by atoms with van der Waals surface area (Å²) < 4.78 is 3.19. The monoisotopic (exact) mass is 285 g/mol. The van der Waals surface area contributed by atoms with Crippen molar-refractivity contribution in [2.75, 3.05) is 0 Å². The highest BCUT2D eigenvalue weighted by Gasteiger charge is 2.43. The van der Waals surface area contributed by atoms with Crippen LogP contribution in [0.25, 0.3) is 0 Å². The van der Waals surface area contributed by atoms with Crippen LogP contribution in [0.2, 0.25) is 0 Å². The van der Waals surface area contributed by atoms with Gasteiger partial charge >= 0.3 is 0 Å². The van der Waals surface area contributed by atoms with Gasteiger partial charge in [-0.15, -0.1) is 0 Å². The maximum absolute atomic E-state index is 6.29. The minimum Gasteiger partial charge on any atom is -0.327 e. The van der Waals surface area contributed by atoms with Gasteiger partial charge in [-0.05, 0) is 48.0 Å². The van der Waals surface area contributed by atoms with Crippen LogP contribution in [0.3, 0.4) is 0 Å². The van der Waals surface area contributed by atoms with Crippen LogP contribution in [0.4, 0.5) is 0 Å². The molecule has 0 amide bonds. The van der Waals surface area contributed by atoms with Crippen molar-refractivity contribution in [3.8, 4) is 0 Å². The normalized spacial score (nSPS) is 19.8. The van der Waals surface area contributed by atoms with Gasteiger partial charge < -0.3 is 5.73 Å². The molecule has 1 unspecified atom stereocenters. The Balaban J connectivity index is 2.19. The predicted molar refractivity (Wildman–Crippen MR) is 69.4 cm³/mol. The molecule has 0 saturated heterocycles. The molecule has 3 nitrogen and oxygen atoms in total. The maximum Gasteiger partial charge on any atom is 0.0738 e. The summed E-state index contributed by atoms with van der Waals surface area (Å²) in [5.74, 6) is 0. The topological polar surface area (TPSA) is 43.8 Å². The van der Waals surface area contributed by atoms with Gasteiger partial charge in [-0.3, -0.25) is 4.68 Å². The molecule has 2 rings (SSSR count). The van der Waals surface area contributed by atoms with Crippen molar-refractivity contribution in [3.05, 3.63) is 15.9 Å². The van der Waals surface area contributed by atoms with Crippen LogP contribution in [0.15, 0.2) is 4.47 Å². The molecular weight excluding hydrogens is 266 g/mol. The Labute approximate surface area is 106 Å². The van der Waals surface area contributed by atoms with E-state index >= 15 is 0 Å². The molecule has 90 valence electrons. The van der Waals surface area contributed by atoms with E-state index in [1.165, 1.54) is 18.5 Å². The largest absolute Gasteiger partial charge is 0.327 e. The Hall–Kier alpha value is -0.350. The van der Waals surface area contributed by atoms with Crippen LogP contribution >= 0.6 is 15.9 Å². The van der Waals surface area contributed by atoms with Gasteiger partial charge in [-0.25, -0.2) is 0 Å². The Bertz CT molecular complexity index is 393. The number of nitrogens with zero attached hydrogens (tertiary/aromatic N) is 2. The minimum absolute atomic E-state index is 0.255. The standard InChI is InChI=1S/C12H20BrN3/c1-4-16-9(11(13)8(2)15-16)7-10(14)12(3)5-6-12/h10H,4-7,14H2,1-3H3. The Morgan fingerprint density at radius 3 is 2.69 bits per heavy atom. The van der Waals surface area contributed by atoms with Crippen molar-refractivity contribution >= 4 is 15.9 Å². The fourth-order valence-electron chi connectivity index (χ4n) is 2.09. The molecule has 1 aromatic heterocycles. The zero-order valence-corrected chi connectivity index (χ0v) is 11.8. The van der Waals surface area contributed by atoms with Crippen LogP contribution in [0.5, 0.6) is 0 Å². The van der Waals surface area contributed by atoms with Gasteiger partial charge in [0.05, 0.1) is 15.9 Å². The fourth-order valence-corrected chi connectivity index (χ4v) is 2.53. The van der Waals surface area contributed by atoms with Gasteiger partial charge in [0.2, 0.25) is 0 Å². The third-order valence-corrected chi connectivity index (χ3v) is 4.83. The fraction of sp³-hybridized carbons (Fsp3) is 0.750. The van der Waals surface area contributed by atoms with Crippen molar-refractivity contribution < 1.29 is 0 Å². The molecule has 2 N–H and O–H groups in total. The van der Waals surface area contributed by atoms with E-state index in [9.17, 15) is 0 Å². The van der Waals surface area contributed by atoms with Gasteiger partial charge in [0, 0.05) is 19.0 Å². The number of hydrogen-bond acceptors (Lipinski definition) is 2. The highest BCUT2D eigenvalue weighted by molar-refractivity contribution is 9.10. The highest BCUT2D eigenvalue weighted by atomic mass is 79.9. The van der Waals surface area contributed by atoms with Gasteiger partial charge in [-0.1, -0.05) is 6.92 Å². The average Bonchev–Trinajstić information content (AvgIpc) is 2.95. The Morgan fingerprint density at radius 1 is 1.56 bits per heavy atom. The quantitative estimate of drug-likeness (QED) is 0.924. The zero-order valence-electron chi connectivity index (χ0n) is 10.3. The first-order valence-corrected chi connectivity index (χ1v) is 6.74. The Kier molecular flexibility index (Phi) is 3.14. The molecule has 0 aliphatic heterocycles. The molecule has 1 aromatic rings. The molecule has 1 fully saturated rings. The molecule has 0 aromatic carbocycles. The van der Waals surface area contributed by atoms with Crippen molar-refractivity contribution in [2.45, 2.75) is 52.6 Å². The summed E-state index contributed by atoms with van der Waals surface area (Å²) in [5.41, 5.74) is 8.97. The lowest BCUT2D eigenvalue weighted by Gasteiger charge is -2.19. The number of aromatic nitrogens is 2. The third kappa shape index (κ3) is 2.05. The first-order chi connectivity index (χ1) is 7.48. The molecule has 1 heterocycles. The van der Waals surface area contributed by atoms with Crippen molar-refractivity contribution in [3.63, 3.8) is 0 Å². The van der Waals surface area contributed by atoms with Crippen LogP contribution in [0.1, 0.15) is 38.1 Å². The van der Waals surface area contributed by atoms with Gasteiger partial charge in [0.1, 0.15) is 0 Å². The van der Waals surface area contributed by atoms with E-state index in [0.29, 0.717) is 5.41 Å². The number of halogens is 1. The number of rotatable bonds is 4. The molecule has 1 aliphatic carbocycles. The molecule has 1 saturated carbocycles. The smallest absolute Gasteiger partial charge is 0.0738 e. The van der Waals surface area contributed by atoms with Crippen molar-refractivity contribution in [1.82, 2.24) is 9.78 Å². The molecule has 0 radical (unpaired) electrons. The second-order valence-corrected chi connectivity index (χ2v) is 5.92. The average molecular weight is 286 g/mol. The number of aryl methyl sites for hydroxylation is 2. The predicted octanol–water partition coefficient (Wildman–Crippen LogP) is 2.64. The zero-order chi connectivity index (χ0) is 11.9. The van der Waals surface area contributed by atoms with Crippen LogP contribution < -0.4 is 5.73 Å². The van der Waals surface area contributed by atoms with Gasteiger partial charge in [0.15, 0.2) is 0 Å². The molecule has 0 bridgehead atoms. The lowest BCUT2D eigenvalue weighted by Crippen LogP contribution is -2.32. The molecule has 1 aliphatic rings. The highest BCUT2D eigenvalue weighted by Crippen LogP contribution is 2.48. The summed E-state index contributed by atoms with van der Waals surface area (Å²) in [6, 6.07) is 0.255.